The third kappa shape index (κ3) is 3.74. The first-order chi connectivity index (χ1) is 14.1. The van der Waals surface area contributed by atoms with E-state index >= 15 is 0 Å². The van der Waals surface area contributed by atoms with Crippen LogP contribution >= 0.6 is 15.9 Å². The van der Waals surface area contributed by atoms with E-state index in [9.17, 15) is 9.59 Å². The number of nitrogens with zero attached hydrogens (tertiary/aromatic N) is 2. The Kier molecular flexibility index (Phi) is 5.32. The number of hydrogen-bond acceptors (Lipinski definition) is 3. The van der Waals surface area contributed by atoms with Crippen LogP contribution in [0.1, 0.15) is 18.4 Å². The summed E-state index contributed by atoms with van der Waals surface area (Å²) in [4.78, 5) is 31.5. The number of aromatic nitrogens is 1. The number of benzene rings is 2. The fourth-order valence-electron chi connectivity index (χ4n) is 3.63. The van der Waals surface area contributed by atoms with Gasteiger partial charge in [0, 0.05) is 28.5 Å². The third-order valence-electron chi connectivity index (χ3n) is 5.06. The van der Waals surface area contributed by atoms with Crippen molar-refractivity contribution >= 4 is 44.3 Å². The van der Waals surface area contributed by atoms with Crippen molar-refractivity contribution in [1.29, 1.82) is 0 Å². The van der Waals surface area contributed by atoms with E-state index in [4.69, 9.17) is 0 Å². The van der Waals surface area contributed by atoms with Gasteiger partial charge < -0.3 is 10.2 Å². The molecular weight excluding hydrogens is 430 g/mol. The second-order valence-electron chi connectivity index (χ2n) is 6.81. The van der Waals surface area contributed by atoms with Crippen LogP contribution in [0, 0.1) is 11.8 Å². The molecule has 3 aromatic rings. The molecule has 0 bridgehead atoms. The zero-order valence-corrected chi connectivity index (χ0v) is 17.3. The summed E-state index contributed by atoms with van der Waals surface area (Å²) < 4.78 is 0.966. The molecular formula is C23H18BrN3O2. The molecule has 1 saturated heterocycles. The summed E-state index contributed by atoms with van der Waals surface area (Å²) in [5, 5.41) is 3.91. The number of rotatable bonds is 3. The smallest absolute Gasteiger partial charge is 0.299 e. The zero-order chi connectivity index (χ0) is 20.4. The Morgan fingerprint density at radius 1 is 1.14 bits per heavy atom. The number of likely N-dealkylation sites (tertiary alicyclic amines) is 1. The molecule has 1 aliphatic heterocycles. The summed E-state index contributed by atoms with van der Waals surface area (Å²) >= 11 is 3.43. The van der Waals surface area contributed by atoms with Crippen molar-refractivity contribution in [3.8, 4) is 11.8 Å². The summed E-state index contributed by atoms with van der Waals surface area (Å²) in [5.74, 6) is 4.50. The van der Waals surface area contributed by atoms with Crippen molar-refractivity contribution < 1.29 is 9.59 Å². The van der Waals surface area contributed by atoms with E-state index in [0.717, 1.165) is 15.4 Å². The number of hydrogen-bond donors (Lipinski definition) is 1. The van der Waals surface area contributed by atoms with Gasteiger partial charge in [0.2, 0.25) is 5.91 Å². The first-order valence-electron chi connectivity index (χ1n) is 9.22. The minimum Gasteiger partial charge on any atom is -0.322 e. The predicted octanol–water partition coefficient (Wildman–Crippen LogP) is 3.95. The fourth-order valence-corrected chi connectivity index (χ4v) is 3.89. The van der Waals surface area contributed by atoms with E-state index < -0.39 is 6.04 Å². The van der Waals surface area contributed by atoms with Gasteiger partial charge in [0.05, 0.1) is 11.2 Å². The maximum Gasteiger partial charge on any atom is 0.299 e. The monoisotopic (exact) mass is 447 g/mol. The Bertz CT molecular complexity index is 1140. The topological polar surface area (TPSA) is 62.3 Å². The van der Waals surface area contributed by atoms with Gasteiger partial charge in [-0.05, 0) is 42.7 Å². The van der Waals surface area contributed by atoms with Gasteiger partial charge in [-0.15, -0.1) is 0 Å². The first kappa shape index (κ1) is 19.2. The lowest BCUT2D eigenvalue weighted by Crippen LogP contribution is -2.61. The minimum atomic E-state index is -0.622. The molecule has 1 N–H and O–H groups in total. The van der Waals surface area contributed by atoms with E-state index in [1.807, 2.05) is 54.6 Å². The van der Waals surface area contributed by atoms with Crippen LogP contribution in [0.3, 0.4) is 0 Å². The number of anilines is 1. The largest absolute Gasteiger partial charge is 0.322 e. The Labute approximate surface area is 177 Å². The van der Waals surface area contributed by atoms with Crippen LogP contribution in [0.5, 0.6) is 0 Å². The van der Waals surface area contributed by atoms with Gasteiger partial charge in [0.1, 0.15) is 6.04 Å². The predicted molar refractivity (Wildman–Crippen MR) is 116 cm³/mol. The maximum absolute atomic E-state index is 13.2. The number of halogens is 1. The molecule has 4 rings (SSSR count). The lowest BCUT2D eigenvalue weighted by molar-refractivity contribution is -0.142. The SMILES string of the molecule is CC#CC(=O)N1C[C@H](c2ccc(Br)cc2)[C@H]1C(=O)Nc1cccc2cccnc12. The molecule has 29 heavy (non-hydrogen) atoms. The van der Waals surface area contributed by atoms with Crippen LogP contribution in [0.2, 0.25) is 0 Å². The highest BCUT2D eigenvalue weighted by molar-refractivity contribution is 9.10. The molecule has 1 aliphatic rings. The van der Waals surface area contributed by atoms with Gasteiger partial charge in [0.25, 0.3) is 5.91 Å². The summed E-state index contributed by atoms with van der Waals surface area (Å²) in [6, 6.07) is 16.6. The number of carbonyl (C=O) groups excluding carboxylic acids is 2. The Hall–Kier alpha value is -3.17. The molecule has 144 valence electrons. The minimum absolute atomic E-state index is 0.0892. The number of para-hydroxylation sites is 1. The molecule has 2 atom stereocenters. The Balaban J connectivity index is 1.64. The van der Waals surface area contributed by atoms with Crippen LogP contribution in [0.4, 0.5) is 5.69 Å². The lowest BCUT2D eigenvalue weighted by Gasteiger charge is -2.46. The average molecular weight is 448 g/mol. The van der Waals surface area contributed by atoms with Gasteiger partial charge in [0.15, 0.2) is 0 Å². The van der Waals surface area contributed by atoms with E-state index in [0.29, 0.717) is 17.7 Å². The molecule has 0 radical (unpaired) electrons. The molecule has 0 unspecified atom stereocenters. The number of amides is 2. The van der Waals surface area contributed by atoms with E-state index in [1.54, 1.807) is 13.1 Å². The van der Waals surface area contributed by atoms with Crippen LogP contribution in [0.15, 0.2) is 65.3 Å². The maximum atomic E-state index is 13.2. The summed E-state index contributed by atoms with van der Waals surface area (Å²) in [7, 11) is 0. The van der Waals surface area contributed by atoms with E-state index in [-0.39, 0.29) is 17.7 Å². The lowest BCUT2D eigenvalue weighted by atomic mass is 9.81. The third-order valence-corrected chi connectivity index (χ3v) is 5.59. The average Bonchev–Trinajstić information content (AvgIpc) is 2.69. The molecule has 2 aromatic carbocycles. The second-order valence-corrected chi connectivity index (χ2v) is 7.72. The van der Waals surface area contributed by atoms with Crippen molar-refractivity contribution in [3.05, 3.63) is 70.8 Å². The molecule has 0 aliphatic carbocycles. The van der Waals surface area contributed by atoms with Crippen molar-refractivity contribution in [3.63, 3.8) is 0 Å². The van der Waals surface area contributed by atoms with Crippen molar-refractivity contribution in [2.24, 2.45) is 0 Å². The Morgan fingerprint density at radius 2 is 1.90 bits per heavy atom. The van der Waals surface area contributed by atoms with Crippen LogP contribution < -0.4 is 5.32 Å². The highest BCUT2D eigenvalue weighted by atomic mass is 79.9. The first-order valence-corrected chi connectivity index (χ1v) is 10.0. The normalized spacial score (nSPS) is 17.8. The van der Waals surface area contributed by atoms with Crippen molar-refractivity contribution in [2.45, 2.75) is 18.9 Å². The van der Waals surface area contributed by atoms with Crippen LogP contribution in [-0.4, -0.2) is 34.3 Å². The summed E-state index contributed by atoms with van der Waals surface area (Å²) in [6.07, 6.45) is 1.69. The van der Waals surface area contributed by atoms with Crippen molar-refractivity contribution in [2.75, 3.05) is 11.9 Å². The highest BCUT2D eigenvalue weighted by Gasteiger charge is 2.47. The summed E-state index contributed by atoms with van der Waals surface area (Å²) in [5.41, 5.74) is 2.36. The molecule has 1 fully saturated rings. The second kappa shape index (κ2) is 8.06. The molecule has 2 amide bonds. The summed E-state index contributed by atoms with van der Waals surface area (Å²) in [6.45, 7) is 2.07. The van der Waals surface area contributed by atoms with Gasteiger partial charge in [-0.3, -0.25) is 14.6 Å². The molecule has 5 nitrogen and oxygen atoms in total. The van der Waals surface area contributed by atoms with Gasteiger partial charge in [-0.2, -0.15) is 0 Å². The fraction of sp³-hybridized carbons (Fsp3) is 0.174. The zero-order valence-electron chi connectivity index (χ0n) is 15.7. The molecule has 6 heteroatoms. The Morgan fingerprint density at radius 3 is 2.66 bits per heavy atom. The molecule has 2 heterocycles. The number of carbonyl (C=O) groups is 2. The van der Waals surface area contributed by atoms with E-state index in [2.05, 4.69) is 38.1 Å². The van der Waals surface area contributed by atoms with Gasteiger partial charge in [-0.1, -0.05) is 52.2 Å². The van der Waals surface area contributed by atoms with Gasteiger partial charge in [-0.25, -0.2) is 0 Å². The molecule has 0 saturated carbocycles. The quantitative estimate of drug-likeness (QED) is 0.618. The van der Waals surface area contributed by atoms with E-state index in [1.165, 1.54) is 4.90 Å². The van der Waals surface area contributed by atoms with Crippen LogP contribution in [0.25, 0.3) is 10.9 Å². The highest BCUT2D eigenvalue weighted by Crippen LogP contribution is 2.36. The standard InChI is InChI=1S/C23H18BrN3O2/c1-2-5-20(28)27-14-18(15-9-11-17(24)12-10-15)22(27)23(29)26-19-8-3-6-16-7-4-13-25-21(16)19/h3-4,6-13,18,22H,14H2,1H3,(H,26,29)/t18-,22+/m1/s1. The van der Waals surface area contributed by atoms with Gasteiger partial charge >= 0.3 is 0 Å². The van der Waals surface area contributed by atoms with Crippen LogP contribution in [-0.2, 0) is 9.59 Å². The number of pyridine rings is 1. The number of nitrogens with one attached hydrogen (secondary N) is 1. The molecule has 1 aromatic heterocycles. The molecule has 0 spiro atoms. The van der Waals surface area contributed by atoms with Crippen molar-refractivity contribution in [1.82, 2.24) is 9.88 Å². The number of fused-ring (bicyclic) bond motifs is 1.